The summed E-state index contributed by atoms with van der Waals surface area (Å²) in [6, 6.07) is 12.4. The highest BCUT2D eigenvalue weighted by Gasteiger charge is 2.54. The van der Waals surface area contributed by atoms with Crippen molar-refractivity contribution in [3.63, 3.8) is 0 Å². The standard InChI is InChI=1S/C26H18ClN9O3/c27-13-1-4-20(35-11-29-33-34-35)14(7-13)12-5-21-15-8-16(15)24(36(21)23(38)6-12)25-28-9-19(31-25)17-2-3-18-26(32-17)39-10-22(37)30-18/h1-7,9,11,15-16,24H,8,10H2,(H,28,31)(H,30,37). The van der Waals surface area contributed by atoms with Gasteiger partial charge in [0.2, 0.25) is 5.88 Å². The van der Waals surface area contributed by atoms with E-state index in [0.29, 0.717) is 33.8 Å². The highest BCUT2D eigenvalue weighted by Crippen LogP contribution is 2.60. The Morgan fingerprint density at radius 3 is 2.90 bits per heavy atom. The van der Waals surface area contributed by atoms with Gasteiger partial charge in [-0.25, -0.2) is 9.97 Å². The third kappa shape index (κ3) is 3.48. The molecular weight excluding hydrogens is 522 g/mol. The molecule has 0 radical (unpaired) electrons. The van der Waals surface area contributed by atoms with Gasteiger partial charge in [0.05, 0.1) is 29.3 Å². The number of amides is 1. The van der Waals surface area contributed by atoms with Crippen molar-refractivity contribution in [2.45, 2.75) is 18.4 Å². The average Bonchev–Trinajstić information content (AvgIpc) is 3.28. The highest BCUT2D eigenvalue weighted by molar-refractivity contribution is 6.31. The lowest BCUT2D eigenvalue weighted by atomic mass is 10.0. The summed E-state index contributed by atoms with van der Waals surface area (Å²) < 4.78 is 8.85. The number of nitrogens with one attached hydrogen (secondary N) is 2. The molecule has 2 N–H and O–H groups in total. The molecule has 5 aromatic rings. The highest BCUT2D eigenvalue weighted by atomic mass is 35.5. The number of halogens is 1. The number of tetrazole rings is 1. The Morgan fingerprint density at radius 1 is 1.10 bits per heavy atom. The molecule has 12 nitrogen and oxygen atoms in total. The van der Waals surface area contributed by atoms with Crippen LogP contribution in [0.15, 0.2) is 59.8 Å². The number of H-pyrrole nitrogens is 1. The first-order valence-electron chi connectivity index (χ1n) is 12.3. The second-order valence-electron chi connectivity index (χ2n) is 9.81. The first-order chi connectivity index (χ1) is 19.0. The Hall–Kier alpha value is -4.84. The van der Waals surface area contributed by atoms with Gasteiger partial charge >= 0.3 is 0 Å². The quantitative estimate of drug-likeness (QED) is 0.354. The van der Waals surface area contributed by atoms with Crippen LogP contribution in [-0.2, 0) is 4.79 Å². The molecule has 6 heterocycles. The van der Waals surface area contributed by atoms with Crippen molar-refractivity contribution in [2.24, 2.45) is 5.92 Å². The minimum Gasteiger partial charge on any atom is -0.466 e. The number of benzene rings is 1. The molecule has 3 aliphatic rings. The number of hydrogen-bond donors (Lipinski definition) is 2. The number of anilines is 1. The van der Waals surface area contributed by atoms with Gasteiger partial charge in [0.25, 0.3) is 11.5 Å². The van der Waals surface area contributed by atoms with E-state index in [1.807, 2.05) is 16.7 Å². The normalized spacial score (nSPS) is 20.5. The van der Waals surface area contributed by atoms with Crippen molar-refractivity contribution in [1.82, 2.24) is 39.7 Å². The first-order valence-corrected chi connectivity index (χ1v) is 12.7. The zero-order chi connectivity index (χ0) is 26.2. The molecule has 2 aliphatic heterocycles. The van der Waals surface area contributed by atoms with Gasteiger partial charge in [0, 0.05) is 28.3 Å². The van der Waals surface area contributed by atoms with Gasteiger partial charge in [-0.2, -0.15) is 4.68 Å². The Kier molecular flexibility index (Phi) is 4.59. The maximum Gasteiger partial charge on any atom is 0.262 e. The van der Waals surface area contributed by atoms with Crippen molar-refractivity contribution < 1.29 is 9.53 Å². The first kappa shape index (κ1) is 22.2. The molecule has 0 bridgehead atoms. The molecule has 8 rings (SSSR count). The van der Waals surface area contributed by atoms with Gasteiger partial charge in [-0.1, -0.05) is 11.6 Å². The summed E-state index contributed by atoms with van der Waals surface area (Å²) in [4.78, 5) is 37.7. The number of imidazole rings is 1. The lowest BCUT2D eigenvalue weighted by molar-refractivity contribution is -0.118. The predicted molar refractivity (Wildman–Crippen MR) is 139 cm³/mol. The zero-order valence-electron chi connectivity index (χ0n) is 20.1. The van der Waals surface area contributed by atoms with Crippen molar-refractivity contribution in [2.75, 3.05) is 11.9 Å². The van der Waals surface area contributed by atoms with E-state index in [1.165, 1.54) is 6.33 Å². The van der Waals surface area contributed by atoms with E-state index in [4.69, 9.17) is 16.3 Å². The van der Waals surface area contributed by atoms with Crippen LogP contribution in [0.3, 0.4) is 0 Å². The summed E-state index contributed by atoms with van der Waals surface area (Å²) in [5.41, 5.74) is 4.99. The second kappa shape index (κ2) is 8.08. The number of rotatable bonds is 4. The zero-order valence-corrected chi connectivity index (χ0v) is 20.8. The largest absolute Gasteiger partial charge is 0.466 e. The van der Waals surface area contributed by atoms with Crippen molar-refractivity contribution in [1.29, 1.82) is 0 Å². The molecule has 3 unspecified atom stereocenters. The summed E-state index contributed by atoms with van der Waals surface area (Å²) in [5.74, 6) is 1.40. The maximum atomic E-state index is 13.6. The van der Waals surface area contributed by atoms with Crippen LogP contribution in [0.25, 0.3) is 28.2 Å². The summed E-state index contributed by atoms with van der Waals surface area (Å²) in [5, 5.41) is 14.8. The van der Waals surface area contributed by atoms with Crippen LogP contribution >= 0.6 is 11.6 Å². The molecule has 1 aliphatic carbocycles. The Bertz CT molecular complexity index is 1860. The summed E-state index contributed by atoms with van der Waals surface area (Å²) in [6.07, 6.45) is 4.20. The SMILES string of the molecule is O=C1COc2nc(-c3cnc(C4C5CC5c5cc(-c6cc(Cl)ccc6-n6cnnn6)cc(=O)n54)[nH]3)ccc2N1. The van der Waals surface area contributed by atoms with Crippen LogP contribution in [-0.4, -0.2) is 52.2 Å². The molecule has 1 fully saturated rings. The summed E-state index contributed by atoms with van der Waals surface area (Å²) in [7, 11) is 0. The molecule has 39 heavy (non-hydrogen) atoms. The molecule has 1 saturated carbocycles. The number of aromatic nitrogens is 8. The number of carbonyl (C=O) groups is 1. The van der Waals surface area contributed by atoms with Gasteiger partial charge in [0.1, 0.15) is 17.8 Å². The van der Waals surface area contributed by atoms with Gasteiger partial charge < -0.3 is 19.6 Å². The molecule has 3 atom stereocenters. The van der Waals surface area contributed by atoms with Crippen LogP contribution in [0, 0.1) is 5.92 Å². The number of carbonyl (C=O) groups excluding carboxylic acids is 1. The molecular formula is C26H18ClN9O3. The topological polar surface area (TPSA) is 146 Å². The second-order valence-corrected chi connectivity index (χ2v) is 10.2. The number of fused-ring (bicyclic) bond motifs is 4. The van der Waals surface area contributed by atoms with Crippen LogP contribution in [0.2, 0.25) is 5.02 Å². The molecule has 13 heteroatoms. The van der Waals surface area contributed by atoms with Gasteiger partial charge in [-0.05, 0) is 64.7 Å². The van der Waals surface area contributed by atoms with Gasteiger partial charge in [0.15, 0.2) is 6.61 Å². The van der Waals surface area contributed by atoms with E-state index < -0.39 is 0 Å². The number of nitrogens with zero attached hydrogens (tertiary/aromatic N) is 7. The van der Waals surface area contributed by atoms with E-state index in [0.717, 1.165) is 28.9 Å². The number of pyridine rings is 2. The fourth-order valence-corrected chi connectivity index (χ4v) is 5.88. The molecule has 192 valence electrons. The Labute approximate surface area is 224 Å². The lowest BCUT2D eigenvalue weighted by Gasteiger charge is -2.18. The van der Waals surface area contributed by atoms with Crippen LogP contribution < -0.4 is 15.6 Å². The molecule has 0 spiro atoms. The summed E-state index contributed by atoms with van der Waals surface area (Å²) >= 11 is 6.34. The molecule has 1 amide bonds. The smallest absolute Gasteiger partial charge is 0.262 e. The minimum absolute atomic E-state index is 0.0725. The Morgan fingerprint density at radius 2 is 2.03 bits per heavy atom. The van der Waals surface area contributed by atoms with Crippen molar-refractivity contribution >= 4 is 23.2 Å². The molecule has 0 saturated heterocycles. The third-order valence-electron chi connectivity index (χ3n) is 7.49. The van der Waals surface area contributed by atoms with E-state index in [1.54, 1.807) is 35.1 Å². The Balaban J connectivity index is 1.17. The van der Waals surface area contributed by atoms with Crippen LogP contribution in [0.4, 0.5) is 5.69 Å². The van der Waals surface area contributed by atoms with Crippen LogP contribution in [0.5, 0.6) is 5.88 Å². The van der Waals surface area contributed by atoms with E-state index in [2.05, 4.69) is 41.9 Å². The van der Waals surface area contributed by atoms with Crippen LogP contribution in [0.1, 0.15) is 29.9 Å². The number of ether oxygens (including phenoxy) is 1. The number of aromatic amines is 1. The fraction of sp³-hybridized carbons (Fsp3) is 0.192. The third-order valence-corrected chi connectivity index (χ3v) is 7.73. The van der Waals surface area contributed by atoms with Gasteiger partial charge in [-0.3, -0.25) is 9.59 Å². The fourth-order valence-electron chi connectivity index (χ4n) is 5.70. The summed E-state index contributed by atoms with van der Waals surface area (Å²) in [6.45, 7) is -0.0725. The molecule has 4 aromatic heterocycles. The average molecular weight is 540 g/mol. The molecule has 1 aromatic carbocycles. The maximum absolute atomic E-state index is 13.6. The lowest BCUT2D eigenvalue weighted by Crippen LogP contribution is -2.26. The van der Waals surface area contributed by atoms with E-state index in [-0.39, 0.29) is 36.0 Å². The van der Waals surface area contributed by atoms with E-state index >= 15 is 0 Å². The van der Waals surface area contributed by atoms with Gasteiger partial charge in [-0.15, -0.1) is 5.10 Å². The predicted octanol–water partition coefficient (Wildman–Crippen LogP) is 2.97. The monoisotopic (exact) mass is 539 g/mol. The van der Waals surface area contributed by atoms with Crippen molar-refractivity contribution in [3.05, 3.63) is 81.9 Å². The van der Waals surface area contributed by atoms with Crippen molar-refractivity contribution in [3.8, 4) is 34.1 Å². The minimum atomic E-state index is -0.213. The van der Waals surface area contributed by atoms with E-state index in [9.17, 15) is 9.59 Å². The number of hydrogen-bond acceptors (Lipinski definition) is 8.